The van der Waals surface area contributed by atoms with Gasteiger partial charge in [-0.3, -0.25) is 0 Å². The Morgan fingerprint density at radius 2 is 2.11 bits per heavy atom. The Kier molecular flexibility index (Phi) is 3.55. The van der Waals surface area contributed by atoms with Crippen LogP contribution < -0.4 is 10.2 Å². The van der Waals surface area contributed by atoms with Crippen LogP contribution in [0.1, 0.15) is 37.3 Å². The summed E-state index contributed by atoms with van der Waals surface area (Å²) in [5.41, 5.74) is 4.63. The average molecular weight is 244 g/mol. The highest BCUT2D eigenvalue weighted by Crippen LogP contribution is 2.30. The molecule has 3 rings (SSSR count). The minimum Gasteiger partial charge on any atom is -0.371 e. The maximum atomic E-state index is 3.47. The van der Waals surface area contributed by atoms with E-state index in [-0.39, 0.29) is 0 Å². The van der Waals surface area contributed by atoms with Crippen molar-refractivity contribution >= 4 is 5.69 Å². The van der Waals surface area contributed by atoms with Crippen LogP contribution in [-0.4, -0.2) is 19.6 Å². The summed E-state index contributed by atoms with van der Waals surface area (Å²) >= 11 is 0. The van der Waals surface area contributed by atoms with Gasteiger partial charge in [-0.15, -0.1) is 0 Å². The van der Waals surface area contributed by atoms with Gasteiger partial charge in [0, 0.05) is 25.3 Å². The SMILES string of the molecule is CCC1CCN(c2cccc3c2CCNC3)CC1. The summed E-state index contributed by atoms with van der Waals surface area (Å²) in [6, 6.07) is 6.84. The molecule has 0 spiro atoms. The van der Waals surface area contributed by atoms with E-state index < -0.39 is 0 Å². The van der Waals surface area contributed by atoms with Gasteiger partial charge in [0.05, 0.1) is 0 Å². The molecule has 1 fully saturated rings. The predicted octanol–water partition coefficient (Wildman–Crippen LogP) is 2.96. The number of rotatable bonds is 2. The Labute approximate surface area is 110 Å². The molecule has 0 saturated carbocycles. The molecule has 1 aromatic rings. The fourth-order valence-electron chi connectivity index (χ4n) is 3.39. The molecule has 2 heteroatoms. The van der Waals surface area contributed by atoms with Gasteiger partial charge < -0.3 is 10.2 Å². The maximum absolute atomic E-state index is 3.47. The highest BCUT2D eigenvalue weighted by Gasteiger charge is 2.21. The van der Waals surface area contributed by atoms with Crippen LogP contribution in [0.25, 0.3) is 0 Å². The van der Waals surface area contributed by atoms with E-state index in [1.807, 2.05) is 0 Å². The van der Waals surface area contributed by atoms with Gasteiger partial charge >= 0.3 is 0 Å². The van der Waals surface area contributed by atoms with Gasteiger partial charge in [0.2, 0.25) is 0 Å². The number of nitrogens with one attached hydrogen (secondary N) is 1. The van der Waals surface area contributed by atoms with Crippen LogP contribution in [0.4, 0.5) is 5.69 Å². The molecule has 2 aliphatic heterocycles. The van der Waals surface area contributed by atoms with Crippen molar-refractivity contribution in [2.24, 2.45) is 5.92 Å². The Morgan fingerprint density at radius 3 is 2.89 bits per heavy atom. The van der Waals surface area contributed by atoms with Crippen molar-refractivity contribution in [3.8, 4) is 0 Å². The molecule has 1 N–H and O–H groups in total. The first-order valence-electron chi connectivity index (χ1n) is 7.45. The van der Waals surface area contributed by atoms with Gasteiger partial charge in [-0.05, 0) is 48.9 Å². The molecule has 0 bridgehead atoms. The summed E-state index contributed by atoms with van der Waals surface area (Å²) in [6.07, 6.45) is 5.29. The number of hydrogen-bond donors (Lipinski definition) is 1. The number of benzene rings is 1. The molecular formula is C16H24N2. The fraction of sp³-hybridized carbons (Fsp3) is 0.625. The van der Waals surface area contributed by atoms with Crippen LogP contribution in [0.3, 0.4) is 0 Å². The molecule has 1 aromatic carbocycles. The standard InChI is InChI=1S/C16H24N2/c1-2-13-7-10-18(11-8-13)16-5-3-4-14-12-17-9-6-15(14)16/h3-5,13,17H,2,6-12H2,1H3. The monoisotopic (exact) mass is 244 g/mol. The van der Waals surface area contributed by atoms with Crippen molar-refractivity contribution in [2.45, 2.75) is 39.2 Å². The summed E-state index contributed by atoms with van der Waals surface area (Å²) in [5.74, 6) is 0.961. The van der Waals surface area contributed by atoms with Crippen molar-refractivity contribution in [2.75, 3.05) is 24.5 Å². The molecule has 0 amide bonds. The molecule has 98 valence electrons. The van der Waals surface area contributed by atoms with Crippen molar-refractivity contribution in [3.63, 3.8) is 0 Å². The van der Waals surface area contributed by atoms with Crippen LogP contribution in [-0.2, 0) is 13.0 Å². The molecule has 0 aromatic heterocycles. The third-order valence-corrected chi connectivity index (χ3v) is 4.65. The second kappa shape index (κ2) is 5.31. The Balaban J connectivity index is 1.80. The predicted molar refractivity (Wildman–Crippen MR) is 77.1 cm³/mol. The number of piperidine rings is 1. The van der Waals surface area contributed by atoms with E-state index in [9.17, 15) is 0 Å². The lowest BCUT2D eigenvalue weighted by molar-refractivity contribution is 0.394. The number of fused-ring (bicyclic) bond motifs is 1. The minimum atomic E-state index is 0.961. The lowest BCUT2D eigenvalue weighted by Crippen LogP contribution is -2.35. The van der Waals surface area contributed by atoms with Gasteiger partial charge in [-0.1, -0.05) is 25.5 Å². The molecule has 2 aliphatic rings. The van der Waals surface area contributed by atoms with Crippen LogP contribution in [0, 0.1) is 5.92 Å². The van der Waals surface area contributed by atoms with Gasteiger partial charge in [-0.2, -0.15) is 0 Å². The third-order valence-electron chi connectivity index (χ3n) is 4.65. The average Bonchev–Trinajstić information content (AvgIpc) is 2.47. The van der Waals surface area contributed by atoms with E-state index >= 15 is 0 Å². The summed E-state index contributed by atoms with van der Waals surface area (Å²) in [5, 5.41) is 3.47. The number of nitrogens with zero attached hydrogens (tertiary/aromatic N) is 1. The summed E-state index contributed by atoms with van der Waals surface area (Å²) in [7, 11) is 0. The lowest BCUT2D eigenvalue weighted by Gasteiger charge is -2.35. The molecule has 2 nitrogen and oxygen atoms in total. The highest BCUT2D eigenvalue weighted by molar-refractivity contribution is 5.58. The smallest absolute Gasteiger partial charge is 0.0402 e. The quantitative estimate of drug-likeness (QED) is 0.860. The highest BCUT2D eigenvalue weighted by atomic mass is 15.1. The summed E-state index contributed by atoms with van der Waals surface area (Å²) < 4.78 is 0. The Bertz CT molecular complexity index is 406. The third kappa shape index (κ3) is 2.26. The van der Waals surface area contributed by atoms with Crippen LogP contribution >= 0.6 is 0 Å². The maximum Gasteiger partial charge on any atom is 0.0402 e. The van der Waals surface area contributed by atoms with E-state index in [1.165, 1.54) is 50.0 Å². The van der Waals surface area contributed by atoms with E-state index in [1.54, 1.807) is 5.56 Å². The van der Waals surface area contributed by atoms with E-state index in [4.69, 9.17) is 0 Å². The van der Waals surface area contributed by atoms with Gasteiger partial charge in [0.1, 0.15) is 0 Å². The number of hydrogen-bond acceptors (Lipinski definition) is 2. The van der Waals surface area contributed by atoms with Gasteiger partial charge in [0.25, 0.3) is 0 Å². The second-order valence-corrected chi connectivity index (χ2v) is 5.68. The lowest BCUT2D eigenvalue weighted by atomic mass is 9.92. The molecule has 0 unspecified atom stereocenters. The molecule has 2 heterocycles. The van der Waals surface area contributed by atoms with Crippen molar-refractivity contribution in [1.29, 1.82) is 0 Å². The van der Waals surface area contributed by atoms with E-state index in [0.29, 0.717) is 0 Å². The summed E-state index contributed by atoms with van der Waals surface area (Å²) in [6.45, 7) is 7.02. The topological polar surface area (TPSA) is 15.3 Å². The first kappa shape index (κ1) is 12.0. The van der Waals surface area contributed by atoms with Crippen LogP contribution in [0.5, 0.6) is 0 Å². The first-order chi connectivity index (χ1) is 8.88. The van der Waals surface area contributed by atoms with Crippen molar-refractivity contribution in [1.82, 2.24) is 5.32 Å². The molecule has 0 atom stereocenters. The van der Waals surface area contributed by atoms with Crippen molar-refractivity contribution < 1.29 is 0 Å². The normalized spacial score (nSPS) is 20.8. The van der Waals surface area contributed by atoms with Crippen LogP contribution in [0.2, 0.25) is 0 Å². The Hall–Kier alpha value is -1.02. The molecule has 18 heavy (non-hydrogen) atoms. The molecule has 0 radical (unpaired) electrons. The molecule has 1 saturated heterocycles. The van der Waals surface area contributed by atoms with E-state index in [0.717, 1.165) is 19.0 Å². The largest absolute Gasteiger partial charge is 0.371 e. The van der Waals surface area contributed by atoms with Gasteiger partial charge in [0.15, 0.2) is 0 Å². The van der Waals surface area contributed by atoms with Gasteiger partial charge in [-0.25, -0.2) is 0 Å². The second-order valence-electron chi connectivity index (χ2n) is 5.68. The zero-order chi connectivity index (χ0) is 12.4. The minimum absolute atomic E-state index is 0.961. The Morgan fingerprint density at radius 1 is 1.28 bits per heavy atom. The fourth-order valence-corrected chi connectivity index (χ4v) is 3.39. The molecular weight excluding hydrogens is 220 g/mol. The van der Waals surface area contributed by atoms with Crippen LogP contribution in [0.15, 0.2) is 18.2 Å². The number of anilines is 1. The van der Waals surface area contributed by atoms with Crippen molar-refractivity contribution in [3.05, 3.63) is 29.3 Å². The first-order valence-corrected chi connectivity index (χ1v) is 7.45. The zero-order valence-electron chi connectivity index (χ0n) is 11.4. The zero-order valence-corrected chi connectivity index (χ0v) is 11.4. The summed E-state index contributed by atoms with van der Waals surface area (Å²) in [4.78, 5) is 2.62. The molecule has 0 aliphatic carbocycles. The van der Waals surface area contributed by atoms with E-state index in [2.05, 4.69) is 35.3 Å².